The Balaban J connectivity index is 1.70. The molecule has 5 heteroatoms. The molecule has 2 heterocycles. The first-order valence-electron chi connectivity index (χ1n) is 8.42. The van der Waals surface area contributed by atoms with Crippen LogP contribution >= 0.6 is 0 Å². The normalized spacial score (nSPS) is 26.8. The van der Waals surface area contributed by atoms with E-state index in [-0.39, 0.29) is 18.1 Å². The Morgan fingerprint density at radius 2 is 2.09 bits per heavy atom. The fourth-order valence-electron chi connectivity index (χ4n) is 3.65. The summed E-state index contributed by atoms with van der Waals surface area (Å²) in [5.74, 6) is 0.109. The molecule has 2 aliphatic heterocycles. The molecule has 5 nitrogen and oxygen atoms in total. The van der Waals surface area contributed by atoms with Gasteiger partial charge in [-0.05, 0) is 37.9 Å². The summed E-state index contributed by atoms with van der Waals surface area (Å²) in [5.41, 5.74) is 0.713. The van der Waals surface area contributed by atoms with Gasteiger partial charge in [0.2, 0.25) is 5.91 Å². The minimum atomic E-state index is -0.413. The second kappa shape index (κ2) is 7.43. The highest BCUT2D eigenvalue weighted by Gasteiger charge is 2.42. The maximum atomic E-state index is 13.0. The molecular weight excluding hydrogens is 292 g/mol. The van der Waals surface area contributed by atoms with Crippen molar-refractivity contribution in [3.8, 4) is 0 Å². The molecule has 2 unspecified atom stereocenters. The van der Waals surface area contributed by atoms with E-state index in [2.05, 4.69) is 22.8 Å². The molecule has 0 bridgehead atoms. The van der Waals surface area contributed by atoms with Crippen molar-refractivity contribution in [2.45, 2.75) is 31.4 Å². The van der Waals surface area contributed by atoms with Crippen LogP contribution in [0.1, 0.15) is 30.9 Å². The van der Waals surface area contributed by atoms with E-state index in [1.165, 1.54) is 0 Å². The average molecular weight is 318 g/mol. The van der Waals surface area contributed by atoms with E-state index >= 15 is 0 Å². The summed E-state index contributed by atoms with van der Waals surface area (Å²) < 4.78 is 11.2. The minimum Gasteiger partial charge on any atom is -0.384 e. The zero-order valence-electron chi connectivity index (χ0n) is 13.7. The van der Waals surface area contributed by atoms with E-state index in [9.17, 15) is 4.79 Å². The molecule has 0 radical (unpaired) electrons. The van der Waals surface area contributed by atoms with E-state index in [0.717, 1.165) is 37.9 Å². The molecule has 3 rings (SSSR count). The summed E-state index contributed by atoms with van der Waals surface area (Å²) in [4.78, 5) is 13.0. The Morgan fingerprint density at radius 3 is 2.78 bits per heavy atom. The van der Waals surface area contributed by atoms with Crippen molar-refractivity contribution in [3.63, 3.8) is 0 Å². The van der Waals surface area contributed by atoms with Crippen molar-refractivity contribution < 1.29 is 14.3 Å². The lowest BCUT2D eigenvalue weighted by molar-refractivity contribution is -0.137. The number of rotatable bonds is 5. The van der Waals surface area contributed by atoms with Crippen LogP contribution < -0.4 is 10.6 Å². The number of benzene rings is 1. The van der Waals surface area contributed by atoms with Gasteiger partial charge in [0, 0.05) is 13.7 Å². The number of ether oxygens (including phenoxy) is 2. The molecule has 0 aliphatic carbocycles. The first-order valence-corrected chi connectivity index (χ1v) is 8.42. The molecule has 1 amide bonds. The van der Waals surface area contributed by atoms with Gasteiger partial charge in [-0.15, -0.1) is 0 Å². The maximum Gasteiger partial charge on any atom is 0.228 e. The SMILES string of the molecule is COCC1(C(=O)NC2CCOC2c2ccccc2)CCNCC1. The first kappa shape index (κ1) is 16.4. The lowest BCUT2D eigenvalue weighted by Gasteiger charge is -2.36. The van der Waals surface area contributed by atoms with Crippen molar-refractivity contribution in [3.05, 3.63) is 35.9 Å². The maximum absolute atomic E-state index is 13.0. The van der Waals surface area contributed by atoms with Gasteiger partial charge in [0.15, 0.2) is 0 Å². The van der Waals surface area contributed by atoms with Crippen molar-refractivity contribution in [2.24, 2.45) is 5.41 Å². The van der Waals surface area contributed by atoms with Gasteiger partial charge in [-0.1, -0.05) is 30.3 Å². The predicted octanol–water partition coefficient (Wildman–Crippen LogP) is 1.65. The number of carbonyl (C=O) groups is 1. The van der Waals surface area contributed by atoms with Crippen molar-refractivity contribution in [1.29, 1.82) is 0 Å². The number of piperidine rings is 1. The van der Waals surface area contributed by atoms with Crippen LogP contribution in [0.15, 0.2) is 30.3 Å². The van der Waals surface area contributed by atoms with Gasteiger partial charge >= 0.3 is 0 Å². The molecule has 23 heavy (non-hydrogen) atoms. The van der Waals surface area contributed by atoms with Gasteiger partial charge in [0.05, 0.1) is 18.1 Å². The summed E-state index contributed by atoms with van der Waals surface area (Å²) in [7, 11) is 1.67. The largest absolute Gasteiger partial charge is 0.384 e. The van der Waals surface area contributed by atoms with Crippen LogP contribution in [0.2, 0.25) is 0 Å². The average Bonchev–Trinajstić information content (AvgIpc) is 3.05. The molecule has 1 aromatic rings. The number of methoxy groups -OCH3 is 1. The van der Waals surface area contributed by atoms with Crippen molar-refractivity contribution in [1.82, 2.24) is 10.6 Å². The van der Waals surface area contributed by atoms with Crippen molar-refractivity contribution in [2.75, 3.05) is 33.4 Å². The van der Waals surface area contributed by atoms with Gasteiger partial charge in [-0.2, -0.15) is 0 Å². The quantitative estimate of drug-likeness (QED) is 0.867. The molecule has 126 valence electrons. The lowest BCUT2D eigenvalue weighted by atomic mass is 9.78. The van der Waals surface area contributed by atoms with Crippen LogP contribution in [-0.2, 0) is 14.3 Å². The first-order chi connectivity index (χ1) is 11.2. The Hall–Kier alpha value is -1.43. The molecule has 2 atom stereocenters. The van der Waals surface area contributed by atoms with Gasteiger partial charge < -0.3 is 20.1 Å². The number of amides is 1. The zero-order valence-corrected chi connectivity index (χ0v) is 13.7. The molecule has 1 aromatic carbocycles. The predicted molar refractivity (Wildman–Crippen MR) is 88.1 cm³/mol. The molecule has 2 N–H and O–H groups in total. The van der Waals surface area contributed by atoms with Gasteiger partial charge in [-0.3, -0.25) is 4.79 Å². The number of hydrogen-bond acceptors (Lipinski definition) is 4. The van der Waals surface area contributed by atoms with Crippen LogP contribution in [0.5, 0.6) is 0 Å². The summed E-state index contributed by atoms with van der Waals surface area (Å²) >= 11 is 0. The van der Waals surface area contributed by atoms with E-state index in [1.807, 2.05) is 18.2 Å². The van der Waals surface area contributed by atoms with Crippen LogP contribution in [-0.4, -0.2) is 45.4 Å². The number of nitrogens with one attached hydrogen (secondary N) is 2. The van der Waals surface area contributed by atoms with Crippen LogP contribution in [0.3, 0.4) is 0 Å². The van der Waals surface area contributed by atoms with E-state index in [0.29, 0.717) is 13.2 Å². The minimum absolute atomic E-state index is 0.0357. The van der Waals surface area contributed by atoms with Crippen molar-refractivity contribution >= 4 is 5.91 Å². The molecule has 0 spiro atoms. The molecule has 2 aliphatic rings. The zero-order chi connectivity index (χ0) is 16.1. The fraction of sp³-hybridized carbons (Fsp3) is 0.611. The topological polar surface area (TPSA) is 59.6 Å². The van der Waals surface area contributed by atoms with E-state index in [4.69, 9.17) is 9.47 Å². The summed E-state index contributed by atoms with van der Waals surface area (Å²) in [6, 6.07) is 10.2. The molecular formula is C18H26N2O3. The summed E-state index contributed by atoms with van der Waals surface area (Å²) in [6.07, 6.45) is 2.43. The van der Waals surface area contributed by atoms with Crippen LogP contribution in [0.4, 0.5) is 0 Å². The molecule has 0 saturated carbocycles. The standard InChI is InChI=1S/C18H26N2O3/c1-22-13-18(8-10-19-11-9-18)17(21)20-15-7-12-23-16(15)14-5-3-2-4-6-14/h2-6,15-16,19H,7-13H2,1H3,(H,20,21). The van der Waals surface area contributed by atoms with Gasteiger partial charge in [0.1, 0.15) is 6.10 Å². The Kier molecular flexibility index (Phi) is 5.30. The Morgan fingerprint density at radius 1 is 1.35 bits per heavy atom. The number of hydrogen-bond donors (Lipinski definition) is 2. The summed E-state index contributed by atoms with van der Waals surface area (Å²) in [6.45, 7) is 2.88. The Labute approximate surface area is 137 Å². The van der Waals surface area contributed by atoms with Gasteiger partial charge in [-0.25, -0.2) is 0 Å². The summed E-state index contributed by atoms with van der Waals surface area (Å²) in [5, 5.41) is 6.57. The second-order valence-corrected chi connectivity index (χ2v) is 6.53. The van der Waals surface area contributed by atoms with E-state index in [1.54, 1.807) is 7.11 Å². The highest BCUT2D eigenvalue weighted by Crippen LogP contribution is 2.33. The fourth-order valence-corrected chi connectivity index (χ4v) is 3.65. The molecule has 2 fully saturated rings. The smallest absolute Gasteiger partial charge is 0.228 e. The Bertz CT molecular complexity index is 509. The molecule has 2 saturated heterocycles. The lowest BCUT2D eigenvalue weighted by Crippen LogP contribution is -2.52. The van der Waals surface area contributed by atoms with E-state index < -0.39 is 5.41 Å². The number of carbonyl (C=O) groups excluding carboxylic acids is 1. The van der Waals surface area contributed by atoms with Crippen LogP contribution in [0, 0.1) is 5.41 Å². The molecule has 0 aromatic heterocycles. The third kappa shape index (κ3) is 3.57. The van der Waals surface area contributed by atoms with Gasteiger partial charge in [0.25, 0.3) is 0 Å². The highest BCUT2D eigenvalue weighted by molar-refractivity contribution is 5.83. The second-order valence-electron chi connectivity index (χ2n) is 6.53. The monoisotopic (exact) mass is 318 g/mol. The highest BCUT2D eigenvalue weighted by atomic mass is 16.5. The van der Waals surface area contributed by atoms with Crippen LogP contribution in [0.25, 0.3) is 0 Å². The third-order valence-electron chi connectivity index (χ3n) is 5.00. The third-order valence-corrected chi connectivity index (χ3v) is 5.00.